The molecule has 0 unspecified atom stereocenters. The highest BCUT2D eigenvalue weighted by Gasteiger charge is 2.25. The summed E-state index contributed by atoms with van der Waals surface area (Å²) < 4.78 is 10.8. The van der Waals surface area contributed by atoms with Gasteiger partial charge in [0.2, 0.25) is 12.7 Å². The summed E-state index contributed by atoms with van der Waals surface area (Å²) in [6.07, 6.45) is 3.60. The third-order valence-corrected chi connectivity index (χ3v) is 6.05. The molecule has 32 heavy (non-hydrogen) atoms. The number of carbonyl (C=O) groups is 2. The number of hydrogen-bond acceptors (Lipinski definition) is 4. The smallest absolute Gasteiger partial charge is 0.318 e. The summed E-state index contributed by atoms with van der Waals surface area (Å²) in [4.78, 5) is 29.5. The molecule has 1 fully saturated rings. The molecule has 2 aromatic rings. The Morgan fingerprint density at radius 2 is 1.91 bits per heavy atom. The average molecular weight is 438 g/mol. The number of amides is 3. The van der Waals surface area contributed by atoms with Gasteiger partial charge in [0.05, 0.1) is 6.04 Å². The molecule has 2 aliphatic rings. The van der Waals surface area contributed by atoms with Crippen LogP contribution in [0.25, 0.3) is 0 Å². The first-order chi connectivity index (χ1) is 15.6. The van der Waals surface area contributed by atoms with E-state index in [-0.39, 0.29) is 24.8 Å². The molecule has 0 spiro atoms. The zero-order valence-electron chi connectivity index (χ0n) is 18.6. The van der Waals surface area contributed by atoms with Gasteiger partial charge in [-0.05, 0) is 43.0 Å². The summed E-state index contributed by atoms with van der Waals surface area (Å²) in [6, 6.07) is 15.2. The highest BCUT2D eigenvalue weighted by atomic mass is 16.7. The molecule has 0 aliphatic carbocycles. The van der Waals surface area contributed by atoms with Gasteiger partial charge in [-0.3, -0.25) is 4.79 Å². The first-order valence-corrected chi connectivity index (χ1v) is 11.4. The maximum absolute atomic E-state index is 13.2. The second-order valence-corrected chi connectivity index (χ2v) is 8.26. The van der Waals surface area contributed by atoms with Crippen molar-refractivity contribution < 1.29 is 19.1 Å². The Morgan fingerprint density at radius 1 is 1.09 bits per heavy atom. The molecule has 7 nitrogen and oxygen atoms in total. The lowest BCUT2D eigenvalue weighted by atomic mass is 10.1. The van der Waals surface area contributed by atoms with Gasteiger partial charge in [0.15, 0.2) is 11.5 Å². The van der Waals surface area contributed by atoms with Gasteiger partial charge in [0.25, 0.3) is 0 Å². The van der Waals surface area contributed by atoms with E-state index in [1.54, 1.807) is 4.90 Å². The molecule has 0 radical (unpaired) electrons. The number of fused-ring (bicyclic) bond motifs is 1. The summed E-state index contributed by atoms with van der Waals surface area (Å²) in [5.74, 6) is 1.61. The van der Waals surface area contributed by atoms with E-state index in [9.17, 15) is 9.59 Å². The quantitative estimate of drug-likeness (QED) is 0.708. The normalized spacial score (nSPS) is 16.4. The van der Waals surface area contributed by atoms with Crippen molar-refractivity contribution in [2.45, 2.75) is 45.2 Å². The van der Waals surface area contributed by atoms with Crippen molar-refractivity contribution in [2.75, 3.05) is 26.4 Å². The van der Waals surface area contributed by atoms with Crippen molar-refractivity contribution in [3.63, 3.8) is 0 Å². The van der Waals surface area contributed by atoms with Crippen LogP contribution in [-0.4, -0.2) is 48.2 Å². The van der Waals surface area contributed by atoms with Crippen molar-refractivity contribution in [1.82, 2.24) is 15.1 Å². The van der Waals surface area contributed by atoms with Crippen LogP contribution in [0.3, 0.4) is 0 Å². The van der Waals surface area contributed by atoms with Crippen molar-refractivity contribution in [3.8, 4) is 11.5 Å². The lowest BCUT2D eigenvalue weighted by molar-refractivity contribution is -0.131. The Balaban J connectivity index is 1.47. The van der Waals surface area contributed by atoms with E-state index in [4.69, 9.17) is 9.47 Å². The van der Waals surface area contributed by atoms with E-state index in [0.29, 0.717) is 31.8 Å². The van der Waals surface area contributed by atoms with Crippen LogP contribution >= 0.6 is 0 Å². The maximum atomic E-state index is 13.2. The molecule has 1 N–H and O–H groups in total. The van der Waals surface area contributed by atoms with E-state index in [0.717, 1.165) is 42.7 Å². The Morgan fingerprint density at radius 3 is 2.72 bits per heavy atom. The van der Waals surface area contributed by atoms with E-state index >= 15 is 0 Å². The first-order valence-electron chi connectivity index (χ1n) is 11.4. The highest BCUT2D eigenvalue weighted by Crippen LogP contribution is 2.32. The molecule has 0 bridgehead atoms. The number of carbonyl (C=O) groups excluding carboxylic acids is 2. The SMILES string of the molecule is CCN(Cc1ccc2c(c1)OCO2)C(=O)N[C@H](CN1CCCCCC1=O)c1ccccc1. The van der Waals surface area contributed by atoms with Crippen LogP contribution in [-0.2, 0) is 11.3 Å². The molecule has 2 heterocycles. The fraction of sp³-hybridized carbons (Fsp3) is 0.440. The van der Waals surface area contributed by atoms with Gasteiger partial charge in [-0.2, -0.15) is 0 Å². The highest BCUT2D eigenvalue weighted by molar-refractivity contribution is 5.77. The zero-order valence-corrected chi connectivity index (χ0v) is 18.6. The number of likely N-dealkylation sites (tertiary alicyclic amines) is 1. The van der Waals surface area contributed by atoms with Crippen LogP contribution < -0.4 is 14.8 Å². The van der Waals surface area contributed by atoms with Gasteiger partial charge in [0.1, 0.15) is 0 Å². The summed E-state index contributed by atoms with van der Waals surface area (Å²) in [6.45, 7) is 4.43. The lowest BCUT2D eigenvalue weighted by Gasteiger charge is -2.30. The van der Waals surface area contributed by atoms with E-state index < -0.39 is 0 Å². The molecule has 2 aliphatic heterocycles. The predicted octanol–water partition coefficient (Wildman–Crippen LogP) is 4.09. The number of nitrogens with one attached hydrogen (secondary N) is 1. The number of rotatable bonds is 7. The molecular formula is C25H31N3O4. The van der Waals surface area contributed by atoms with Gasteiger partial charge in [-0.1, -0.05) is 42.8 Å². The fourth-order valence-corrected chi connectivity index (χ4v) is 4.20. The summed E-state index contributed by atoms with van der Waals surface area (Å²) in [7, 11) is 0. The van der Waals surface area contributed by atoms with Gasteiger partial charge in [-0.25, -0.2) is 4.79 Å². The second kappa shape index (κ2) is 10.4. The van der Waals surface area contributed by atoms with Crippen LogP contribution in [0.5, 0.6) is 11.5 Å². The van der Waals surface area contributed by atoms with Crippen molar-refractivity contribution in [1.29, 1.82) is 0 Å². The van der Waals surface area contributed by atoms with Crippen LogP contribution in [0, 0.1) is 0 Å². The average Bonchev–Trinajstić information content (AvgIpc) is 3.19. The third-order valence-electron chi connectivity index (χ3n) is 6.05. The number of benzene rings is 2. The first kappa shape index (κ1) is 22.0. The molecule has 1 atom stereocenters. The minimum Gasteiger partial charge on any atom is -0.454 e. The predicted molar refractivity (Wildman–Crippen MR) is 121 cm³/mol. The summed E-state index contributed by atoms with van der Waals surface area (Å²) >= 11 is 0. The number of urea groups is 1. The van der Waals surface area contributed by atoms with Crippen LogP contribution in [0.15, 0.2) is 48.5 Å². The van der Waals surface area contributed by atoms with Crippen LogP contribution in [0.4, 0.5) is 4.79 Å². The summed E-state index contributed by atoms with van der Waals surface area (Å²) in [5.41, 5.74) is 1.97. The standard InChI is InChI=1S/C25H31N3O4/c1-2-27(16-19-12-13-22-23(15-19)32-18-31-22)25(30)26-21(20-9-5-3-6-10-20)17-28-14-8-4-7-11-24(28)29/h3,5-6,9-10,12-13,15,21H,2,4,7-8,11,14,16-18H2,1H3,(H,26,30)/t21-/m1/s1. The Bertz CT molecular complexity index is 934. The van der Waals surface area contributed by atoms with E-state index in [1.165, 1.54) is 0 Å². The fourth-order valence-electron chi connectivity index (χ4n) is 4.20. The van der Waals surface area contributed by atoms with Crippen molar-refractivity contribution in [3.05, 3.63) is 59.7 Å². The third kappa shape index (κ3) is 5.33. The lowest BCUT2D eigenvalue weighted by Crippen LogP contribution is -2.45. The van der Waals surface area contributed by atoms with Crippen molar-refractivity contribution >= 4 is 11.9 Å². The summed E-state index contributed by atoms with van der Waals surface area (Å²) in [5, 5.41) is 3.18. The zero-order chi connectivity index (χ0) is 22.3. The number of nitrogens with zero attached hydrogens (tertiary/aromatic N) is 2. The molecule has 4 rings (SSSR count). The molecule has 3 amide bonds. The van der Waals surface area contributed by atoms with Gasteiger partial charge in [-0.15, -0.1) is 0 Å². The Kier molecular flexibility index (Phi) is 7.14. The molecule has 7 heteroatoms. The Labute approximate surface area is 189 Å². The van der Waals surface area contributed by atoms with Gasteiger partial charge in [0, 0.05) is 32.6 Å². The maximum Gasteiger partial charge on any atom is 0.318 e. The monoisotopic (exact) mass is 437 g/mol. The molecule has 0 aromatic heterocycles. The van der Waals surface area contributed by atoms with Crippen LogP contribution in [0.2, 0.25) is 0 Å². The van der Waals surface area contributed by atoms with E-state index in [2.05, 4.69) is 5.32 Å². The number of ether oxygens (including phenoxy) is 2. The minimum atomic E-state index is -0.267. The molecule has 170 valence electrons. The topological polar surface area (TPSA) is 71.1 Å². The van der Waals surface area contributed by atoms with E-state index in [1.807, 2.05) is 60.4 Å². The molecule has 2 aromatic carbocycles. The molecular weight excluding hydrogens is 406 g/mol. The van der Waals surface area contributed by atoms with Crippen molar-refractivity contribution in [2.24, 2.45) is 0 Å². The largest absolute Gasteiger partial charge is 0.454 e. The van der Waals surface area contributed by atoms with Crippen LogP contribution in [0.1, 0.15) is 49.8 Å². The molecule has 0 saturated carbocycles. The second-order valence-electron chi connectivity index (χ2n) is 8.26. The van der Waals surface area contributed by atoms with Gasteiger partial charge >= 0.3 is 6.03 Å². The number of hydrogen-bond donors (Lipinski definition) is 1. The van der Waals surface area contributed by atoms with Gasteiger partial charge < -0.3 is 24.6 Å². The molecule has 1 saturated heterocycles. The Hall–Kier alpha value is -3.22. The minimum absolute atomic E-state index is 0.152.